The Kier molecular flexibility index (Phi) is 3.70. The molecule has 0 fully saturated rings. The molecule has 0 aliphatic carbocycles. The van der Waals surface area contributed by atoms with Crippen LogP contribution in [0.15, 0.2) is 30.2 Å². The maximum Gasteiger partial charge on any atom is 0.163 e. The van der Waals surface area contributed by atoms with Crippen LogP contribution in [0.3, 0.4) is 0 Å². The van der Waals surface area contributed by atoms with Crippen molar-refractivity contribution in [3.63, 3.8) is 0 Å². The highest BCUT2D eigenvalue weighted by atomic mass is 16.3. The summed E-state index contributed by atoms with van der Waals surface area (Å²) in [5.74, 6) is 0.499. The van der Waals surface area contributed by atoms with Crippen molar-refractivity contribution >= 4 is 11.4 Å². The molecule has 5 heteroatoms. The van der Waals surface area contributed by atoms with Crippen molar-refractivity contribution in [3.05, 3.63) is 47.1 Å². The molecular weight excluding hydrogens is 254 g/mol. The third kappa shape index (κ3) is 2.34. The van der Waals surface area contributed by atoms with Crippen LogP contribution >= 0.6 is 0 Å². The Morgan fingerprint density at radius 1 is 1.25 bits per heavy atom. The molecule has 0 saturated heterocycles. The summed E-state index contributed by atoms with van der Waals surface area (Å²) < 4.78 is 1.68. The normalized spacial score (nSPS) is 12.2. The van der Waals surface area contributed by atoms with Gasteiger partial charge in [-0.25, -0.2) is 9.67 Å². The van der Waals surface area contributed by atoms with Crippen LogP contribution in [0.1, 0.15) is 30.8 Å². The molecule has 0 unspecified atom stereocenters. The minimum Gasteiger partial charge on any atom is -0.512 e. The number of allylic oxidation sites excluding steroid dienone is 2. The fourth-order valence-corrected chi connectivity index (χ4v) is 2.32. The second-order valence-corrected chi connectivity index (χ2v) is 4.66. The van der Waals surface area contributed by atoms with Crippen LogP contribution in [0.4, 0.5) is 0 Å². The van der Waals surface area contributed by atoms with Gasteiger partial charge in [0.15, 0.2) is 11.6 Å². The van der Waals surface area contributed by atoms with E-state index in [9.17, 15) is 9.90 Å². The molecule has 0 bridgehead atoms. The Morgan fingerprint density at radius 3 is 2.45 bits per heavy atom. The van der Waals surface area contributed by atoms with Crippen LogP contribution in [0.5, 0.6) is 0 Å². The van der Waals surface area contributed by atoms with Crippen molar-refractivity contribution in [2.45, 2.75) is 27.7 Å². The van der Waals surface area contributed by atoms with E-state index in [1.807, 2.05) is 32.0 Å². The minimum absolute atomic E-state index is 0.00395. The van der Waals surface area contributed by atoms with Crippen LogP contribution in [0, 0.1) is 13.8 Å². The predicted molar refractivity (Wildman–Crippen MR) is 76.7 cm³/mol. The minimum atomic E-state index is -0.184. The number of hydrogen-bond acceptors (Lipinski definition) is 4. The topological polar surface area (TPSA) is 68.0 Å². The highest BCUT2D eigenvalue weighted by Gasteiger charge is 2.21. The van der Waals surface area contributed by atoms with Crippen LogP contribution in [-0.2, 0) is 4.79 Å². The number of rotatable bonds is 3. The number of aryl methyl sites for hydroxylation is 1. The Balaban J connectivity index is 2.67. The summed E-state index contributed by atoms with van der Waals surface area (Å²) in [6.07, 6.45) is 1.68. The molecule has 0 aliphatic heterocycles. The number of carbonyl (C=O) groups is 1. The number of aliphatic hydroxyl groups excluding tert-OH is 1. The Bertz CT molecular complexity index is 681. The molecule has 5 nitrogen and oxygen atoms in total. The van der Waals surface area contributed by atoms with Crippen molar-refractivity contribution in [1.29, 1.82) is 0 Å². The van der Waals surface area contributed by atoms with Crippen molar-refractivity contribution in [3.8, 4) is 5.82 Å². The molecule has 0 radical (unpaired) electrons. The van der Waals surface area contributed by atoms with Gasteiger partial charge in [0, 0.05) is 11.8 Å². The van der Waals surface area contributed by atoms with E-state index in [2.05, 4.69) is 10.1 Å². The molecule has 104 valence electrons. The lowest BCUT2D eigenvalue weighted by atomic mass is 9.99. The van der Waals surface area contributed by atoms with Gasteiger partial charge in [-0.1, -0.05) is 6.07 Å². The summed E-state index contributed by atoms with van der Waals surface area (Å²) in [6.45, 7) is 6.61. The Hall–Kier alpha value is -2.43. The molecule has 2 aromatic rings. The van der Waals surface area contributed by atoms with Gasteiger partial charge in [0.1, 0.15) is 5.76 Å². The first kappa shape index (κ1) is 14.0. The van der Waals surface area contributed by atoms with Gasteiger partial charge in [0.2, 0.25) is 0 Å². The molecule has 2 heterocycles. The molecule has 0 aromatic carbocycles. The second-order valence-electron chi connectivity index (χ2n) is 4.66. The standard InChI is InChI=1S/C15H17N3O2/c1-9-14(15(11(3)19)12(4)20)10(2)18(17-9)13-7-5-6-8-16-13/h5-8,19H,1-4H3/b15-11+. The third-order valence-corrected chi connectivity index (χ3v) is 3.12. The summed E-state index contributed by atoms with van der Waals surface area (Å²) in [4.78, 5) is 16.0. The van der Waals surface area contributed by atoms with Crippen LogP contribution in [0.25, 0.3) is 11.4 Å². The first-order valence-electron chi connectivity index (χ1n) is 6.32. The predicted octanol–water partition coefficient (Wildman–Crippen LogP) is 2.76. The molecule has 2 rings (SSSR count). The lowest BCUT2D eigenvalue weighted by Crippen LogP contribution is -2.04. The summed E-state index contributed by atoms with van der Waals surface area (Å²) in [5, 5.41) is 14.2. The number of ketones is 1. The maximum absolute atomic E-state index is 11.8. The molecule has 0 aliphatic rings. The average Bonchev–Trinajstić information content (AvgIpc) is 2.67. The zero-order chi connectivity index (χ0) is 14.9. The van der Waals surface area contributed by atoms with Gasteiger partial charge < -0.3 is 5.11 Å². The number of hydrogen-bond donors (Lipinski definition) is 1. The molecule has 0 amide bonds. The van der Waals surface area contributed by atoms with Gasteiger partial charge in [-0.05, 0) is 39.8 Å². The fourth-order valence-electron chi connectivity index (χ4n) is 2.32. The highest BCUT2D eigenvalue weighted by molar-refractivity contribution is 6.20. The molecule has 0 atom stereocenters. The van der Waals surface area contributed by atoms with Crippen molar-refractivity contribution in [2.24, 2.45) is 0 Å². The Labute approximate surface area is 117 Å². The van der Waals surface area contributed by atoms with Gasteiger partial charge in [-0.3, -0.25) is 4.79 Å². The average molecular weight is 271 g/mol. The van der Waals surface area contributed by atoms with Crippen LogP contribution in [-0.4, -0.2) is 25.7 Å². The largest absolute Gasteiger partial charge is 0.512 e. The number of pyridine rings is 1. The van der Waals surface area contributed by atoms with E-state index in [1.165, 1.54) is 13.8 Å². The quantitative estimate of drug-likeness (QED) is 0.688. The molecular formula is C15H17N3O2. The number of Topliss-reactive ketones (excluding diaryl/α,β-unsaturated/α-hetero) is 1. The van der Waals surface area contributed by atoms with Crippen molar-refractivity contribution in [2.75, 3.05) is 0 Å². The highest BCUT2D eigenvalue weighted by Crippen LogP contribution is 2.27. The van der Waals surface area contributed by atoms with E-state index in [0.717, 1.165) is 5.69 Å². The monoisotopic (exact) mass is 271 g/mol. The van der Waals surface area contributed by atoms with E-state index in [0.29, 0.717) is 22.6 Å². The van der Waals surface area contributed by atoms with Crippen molar-refractivity contribution < 1.29 is 9.90 Å². The maximum atomic E-state index is 11.8. The SMILES string of the molecule is CC(=O)/C(=C(/C)O)c1c(C)nn(-c2ccccn2)c1C. The number of aromatic nitrogens is 3. The van der Waals surface area contributed by atoms with Crippen LogP contribution < -0.4 is 0 Å². The summed E-state index contributed by atoms with van der Waals surface area (Å²) >= 11 is 0. The lowest BCUT2D eigenvalue weighted by Gasteiger charge is -2.07. The zero-order valence-corrected chi connectivity index (χ0v) is 12.0. The van der Waals surface area contributed by atoms with Crippen molar-refractivity contribution in [1.82, 2.24) is 14.8 Å². The van der Waals surface area contributed by atoms with Gasteiger partial charge >= 0.3 is 0 Å². The molecule has 1 N–H and O–H groups in total. The number of nitrogens with zero attached hydrogens (tertiary/aromatic N) is 3. The first-order chi connectivity index (χ1) is 9.43. The van der Waals surface area contributed by atoms with E-state index < -0.39 is 0 Å². The smallest absolute Gasteiger partial charge is 0.163 e. The number of carbonyl (C=O) groups excluding carboxylic acids is 1. The first-order valence-corrected chi connectivity index (χ1v) is 6.32. The van der Waals surface area contributed by atoms with Gasteiger partial charge in [-0.2, -0.15) is 5.10 Å². The zero-order valence-electron chi connectivity index (χ0n) is 12.0. The molecule has 0 spiro atoms. The fraction of sp³-hybridized carbons (Fsp3) is 0.267. The summed E-state index contributed by atoms with van der Waals surface area (Å²) in [6, 6.07) is 5.54. The van der Waals surface area contributed by atoms with E-state index in [4.69, 9.17) is 0 Å². The van der Waals surface area contributed by atoms with E-state index in [1.54, 1.807) is 10.9 Å². The number of aliphatic hydroxyl groups is 1. The lowest BCUT2D eigenvalue weighted by molar-refractivity contribution is -0.111. The second kappa shape index (κ2) is 5.28. The molecule has 0 saturated carbocycles. The van der Waals surface area contributed by atoms with Gasteiger partial charge in [-0.15, -0.1) is 0 Å². The third-order valence-electron chi connectivity index (χ3n) is 3.12. The van der Waals surface area contributed by atoms with Crippen LogP contribution in [0.2, 0.25) is 0 Å². The van der Waals surface area contributed by atoms with E-state index in [-0.39, 0.29) is 11.5 Å². The molecule has 20 heavy (non-hydrogen) atoms. The van der Waals surface area contributed by atoms with Gasteiger partial charge in [0.05, 0.1) is 17.0 Å². The summed E-state index contributed by atoms with van der Waals surface area (Å²) in [5.41, 5.74) is 2.44. The van der Waals surface area contributed by atoms with E-state index >= 15 is 0 Å². The summed E-state index contributed by atoms with van der Waals surface area (Å²) in [7, 11) is 0. The Morgan fingerprint density at radius 2 is 1.95 bits per heavy atom. The molecule has 2 aromatic heterocycles. The van der Waals surface area contributed by atoms with Gasteiger partial charge in [0.25, 0.3) is 0 Å².